The van der Waals surface area contributed by atoms with Crippen LogP contribution >= 0.6 is 0 Å². The van der Waals surface area contributed by atoms with Gasteiger partial charge in [-0.05, 0) is 62.4 Å². The van der Waals surface area contributed by atoms with Crippen LogP contribution in [0.2, 0.25) is 0 Å². The Labute approximate surface area is 180 Å². The Balaban J connectivity index is 1.59. The van der Waals surface area contributed by atoms with Crippen molar-refractivity contribution in [3.05, 3.63) is 29.8 Å². The zero-order valence-electron chi connectivity index (χ0n) is 18.7. The first-order chi connectivity index (χ1) is 14.6. The number of amides is 1. The third-order valence-electron chi connectivity index (χ3n) is 6.41. The number of rotatable bonds is 7. The van der Waals surface area contributed by atoms with Gasteiger partial charge in [-0.2, -0.15) is 0 Å². The lowest BCUT2D eigenvalue weighted by Crippen LogP contribution is -2.48. The highest BCUT2D eigenvalue weighted by Gasteiger charge is 2.26. The van der Waals surface area contributed by atoms with Crippen molar-refractivity contribution in [1.29, 1.82) is 0 Å². The highest BCUT2D eigenvalue weighted by molar-refractivity contribution is 5.80. The van der Waals surface area contributed by atoms with Gasteiger partial charge in [0.05, 0.1) is 13.2 Å². The Morgan fingerprint density at radius 2 is 1.83 bits per heavy atom. The molecule has 2 N–H and O–H groups in total. The fraction of sp³-hybridized carbons (Fsp3) is 0.652. The van der Waals surface area contributed by atoms with Crippen LogP contribution in [0.5, 0.6) is 5.75 Å². The van der Waals surface area contributed by atoms with E-state index in [-0.39, 0.29) is 5.91 Å². The molecule has 2 saturated heterocycles. The van der Waals surface area contributed by atoms with Crippen molar-refractivity contribution in [2.75, 3.05) is 53.9 Å². The first-order valence-electron chi connectivity index (χ1n) is 11.2. The average Bonchev–Trinajstić information content (AvgIpc) is 3.32. The molecule has 1 unspecified atom stereocenters. The average molecular weight is 416 g/mol. The fourth-order valence-corrected chi connectivity index (χ4v) is 4.57. The minimum atomic E-state index is 0.143. The molecule has 2 fully saturated rings. The number of carbonyl (C=O) groups excluding carboxylic acids is 1. The van der Waals surface area contributed by atoms with E-state index >= 15 is 0 Å². The molecule has 0 bridgehead atoms. The second kappa shape index (κ2) is 11.2. The molecule has 2 aliphatic rings. The monoisotopic (exact) mass is 415 g/mol. The Kier molecular flexibility index (Phi) is 8.37. The maximum absolute atomic E-state index is 11.7. The van der Waals surface area contributed by atoms with Crippen molar-refractivity contribution in [2.45, 2.75) is 38.1 Å². The van der Waals surface area contributed by atoms with Crippen LogP contribution in [-0.4, -0.2) is 75.6 Å². The predicted molar refractivity (Wildman–Crippen MR) is 121 cm³/mol. The quantitative estimate of drug-likeness (QED) is 0.528. The van der Waals surface area contributed by atoms with Crippen molar-refractivity contribution in [3.8, 4) is 5.75 Å². The molecule has 2 aliphatic heterocycles. The van der Waals surface area contributed by atoms with Gasteiger partial charge in [0.15, 0.2) is 5.96 Å². The molecule has 2 heterocycles. The van der Waals surface area contributed by atoms with E-state index in [9.17, 15) is 4.79 Å². The normalized spacial score (nSPS) is 19.6. The summed E-state index contributed by atoms with van der Waals surface area (Å²) >= 11 is 0. The maximum atomic E-state index is 11.7. The molecule has 1 amide bonds. The highest BCUT2D eigenvalue weighted by atomic mass is 16.5. The van der Waals surface area contributed by atoms with Crippen LogP contribution in [0.15, 0.2) is 29.3 Å². The first kappa shape index (κ1) is 22.4. The van der Waals surface area contributed by atoms with E-state index < -0.39 is 0 Å². The van der Waals surface area contributed by atoms with Crippen molar-refractivity contribution in [3.63, 3.8) is 0 Å². The van der Waals surface area contributed by atoms with Gasteiger partial charge in [0.2, 0.25) is 5.91 Å². The summed E-state index contributed by atoms with van der Waals surface area (Å²) < 4.78 is 5.33. The van der Waals surface area contributed by atoms with Crippen molar-refractivity contribution < 1.29 is 9.53 Å². The van der Waals surface area contributed by atoms with Crippen molar-refractivity contribution >= 4 is 11.9 Å². The van der Waals surface area contributed by atoms with E-state index in [2.05, 4.69) is 37.6 Å². The molecule has 166 valence electrons. The van der Waals surface area contributed by atoms with Crippen molar-refractivity contribution in [2.24, 2.45) is 10.9 Å². The van der Waals surface area contributed by atoms with E-state index in [1.165, 1.54) is 18.4 Å². The molecule has 0 radical (unpaired) electrons. The summed E-state index contributed by atoms with van der Waals surface area (Å²) in [6.45, 7) is 5.00. The van der Waals surface area contributed by atoms with Gasteiger partial charge in [-0.1, -0.05) is 12.1 Å². The topological polar surface area (TPSA) is 69.2 Å². The number of benzene rings is 1. The summed E-state index contributed by atoms with van der Waals surface area (Å²) in [6, 6.07) is 8.77. The molecule has 0 spiro atoms. The molecule has 1 aromatic carbocycles. The predicted octanol–water partition coefficient (Wildman–Crippen LogP) is 2.26. The van der Waals surface area contributed by atoms with E-state index in [4.69, 9.17) is 4.74 Å². The lowest BCUT2D eigenvalue weighted by molar-refractivity contribution is -0.121. The number of hydrogen-bond acceptors (Lipinski definition) is 4. The van der Waals surface area contributed by atoms with E-state index in [1.54, 1.807) is 14.2 Å². The van der Waals surface area contributed by atoms with Crippen LogP contribution in [0, 0.1) is 5.92 Å². The molecular formula is C23H37N5O2. The summed E-state index contributed by atoms with van der Waals surface area (Å²) in [7, 11) is 5.27. The summed E-state index contributed by atoms with van der Waals surface area (Å²) in [5.74, 6) is 2.47. The summed E-state index contributed by atoms with van der Waals surface area (Å²) in [4.78, 5) is 21.1. The molecule has 0 aliphatic carbocycles. The smallest absolute Gasteiger partial charge is 0.220 e. The van der Waals surface area contributed by atoms with Crippen LogP contribution in [0.3, 0.4) is 0 Å². The minimum Gasteiger partial charge on any atom is -0.497 e. The van der Waals surface area contributed by atoms with Crippen LogP contribution in [0.4, 0.5) is 0 Å². The Bertz CT molecular complexity index is 692. The third kappa shape index (κ3) is 5.88. The molecule has 7 nitrogen and oxygen atoms in total. The van der Waals surface area contributed by atoms with Gasteiger partial charge < -0.3 is 20.3 Å². The van der Waals surface area contributed by atoms with Gasteiger partial charge in [0.25, 0.3) is 0 Å². The molecule has 1 aromatic rings. The number of hydrogen-bond donors (Lipinski definition) is 2. The number of carbonyl (C=O) groups is 1. The highest BCUT2D eigenvalue weighted by Crippen LogP contribution is 2.26. The number of likely N-dealkylation sites (tertiary alicyclic amines) is 2. The molecule has 1 atom stereocenters. The summed E-state index contributed by atoms with van der Waals surface area (Å²) in [5, 5.41) is 6.37. The van der Waals surface area contributed by atoms with Crippen LogP contribution < -0.4 is 15.4 Å². The Hall–Kier alpha value is -2.28. The zero-order chi connectivity index (χ0) is 21.3. The van der Waals surface area contributed by atoms with Gasteiger partial charge in [0.1, 0.15) is 5.75 Å². The van der Waals surface area contributed by atoms with Gasteiger partial charge in [0, 0.05) is 40.2 Å². The molecule has 0 aromatic heterocycles. The number of aliphatic imine (C=N–C) groups is 1. The Morgan fingerprint density at radius 1 is 1.17 bits per heavy atom. The van der Waals surface area contributed by atoms with E-state index in [0.29, 0.717) is 18.4 Å². The number of piperidine rings is 1. The van der Waals surface area contributed by atoms with Gasteiger partial charge >= 0.3 is 0 Å². The lowest BCUT2D eigenvalue weighted by atomic mass is 9.93. The molecule has 30 heavy (non-hydrogen) atoms. The van der Waals surface area contributed by atoms with E-state index in [1.807, 2.05) is 19.2 Å². The third-order valence-corrected chi connectivity index (χ3v) is 6.41. The van der Waals surface area contributed by atoms with Gasteiger partial charge in [-0.15, -0.1) is 0 Å². The Morgan fingerprint density at radius 3 is 2.40 bits per heavy atom. The second-order valence-electron chi connectivity index (χ2n) is 8.27. The first-order valence-corrected chi connectivity index (χ1v) is 11.2. The summed E-state index contributed by atoms with van der Waals surface area (Å²) in [6.07, 6.45) is 5.22. The second-order valence-corrected chi connectivity index (χ2v) is 8.27. The van der Waals surface area contributed by atoms with Crippen LogP contribution in [0.1, 0.15) is 43.7 Å². The molecule has 7 heteroatoms. The molecule has 3 rings (SSSR count). The van der Waals surface area contributed by atoms with Crippen LogP contribution in [0.25, 0.3) is 0 Å². The zero-order valence-corrected chi connectivity index (χ0v) is 18.7. The maximum Gasteiger partial charge on any atom is 0.220 e. The SMILES string of the molecule is CN=C(NCC(c1ccc(OC)cc1)N1CCCC1)N1CCC(CC(=O)NC)CC1. The number of methoxy groups -OCH3 is 1. The lowest BCUT2D eigenvalue weighted by Gasteiger charge is -2.35. The van der Waals surface area contributed by atoms with Crippen LogP contribution in [-0.2, 0) is 4.79 Å². The summed E-state index contributed by atoms with van der Waals surface area (Å²) in [5.41, 5.74) is 1.31. The fourth-order valence-electron chi connectivity index (χ4n) is 4.57. The number of nitrogens with one attached hydrogen (secondary N) is 2. The molecular weight excluding hydrogens is 378 g/mol. The van der Waals surface area contributed by atoms with Gasteiger partial charge in [-0.25, -0.2) is 0 Å². The minimum absolute atomic E-state index is 0.143. The van der Waals surface area contributed by atoms with Gasteiger partial charge in [-0.3, -0.25) is 14.7 Å². The largest absolute Gasteiger partial charge is 0.497 e. The van der Waals surface area contributed by atoms with Crippen molar-refractivity contribution in [1.82, 2.24) is 20.4 Å². The van der Waals surface area contributed by atoms with E-state index in [0.717, 1.165) is 57.3 Å². The number of ether oxygens (including phenoxy) is 1. The number of nitrogens with zero attached hydrogens (tertiary/aromatic N) is 3. The molecule has 0 saturated carbocycles. The number of guanidine groups is 1. The standard InChI is InChI=1S/C23H37N5O2/c1-24-22(29)16-18-10-14-28(15-11-18)23(25-2)26-17-21(27-12-4-5-13-27)19-6-8-20(30-3)9-7-19/h6-9,18,21H,4-5,10-17H2,1-3H3,(H,24,29)(H,25,26).